The molecule has 0 spiro atoms. The summed E-state index contributed by atoms with van der Waals surface area (Å²) in [4.78, 5) is 14.5. The zero-order valence-corrected chi connectivity index (χ0v) is 54.9. The Morgan fingerprint density at radius 3 is 0.902 bits per heavy atom. The summed E-state index contributed by atoms with van der Waals surface area (Å²) in [7, 11) is 2.59. The van der Waals surface area contributed by atoms with Gasteiger partial charge in [0.25, 0.3) is 0 Å². The van der Waals surface area contributed by atoms with Crippen LogP contribution in [0.15, 0.2) is 0 Å². The summed E-state index contributed by atoms with van der Waals surface area (Å²) < 4.78 is 0. The van der Waals surface area contributed by atoms with E-state index in [-0.39, 0.29) is 0 Å². The number of piperidine rings is 3. The molecule has 0 aromatic heterocycles. The van der Waals surface area contributed by atoms with E-state index in [9.17, 15) is 0 Å². The van der Waals surface area contributed by atoms with Crippen LogP contribution in [0, 0.1) is 93.2 Å². The number of hydrogen-bond acceptors (Lipinski definition) is 5. The molecule has 0 amide bonds. The zero-order valence-electron chi connectivity index (χ0n) is 54.9. The first kappa shape index (κ1) is 58.2. The van der Waals surface area contributed by atoms with E-state index in [1.165, 1.54) is 231 Å². The second-order valence-corrected chi connectivity index (χ2v) is 36.0. The molecule has 5 nitrogen and oxygen atoms in total. The number of fused-ring (bicyclic) bond motifs is 7. The Bertz CT molecular complexity index is 2050. The molecule has 4 saturated heterocycles. The van der Waals surface area contributed by atoms with Crippen LogP contribution in [0.3, 0.4) is 0 Å². The second-order valence-electron chi connectivity index (χ2n) is 36.0. The van der Waals surface area contributed by atoms with Crippen LogP contribution in [-0.2, 0) is 0 Å². The quantitative estimate of drug-likeness (QED) is 0.274. The van der Waals surface area contributed by atoms with Gasteiger partial charge in [0, 0.05) is 66.5 Å². The number of likely N-dealkylation sites (N-methyl/N-ethyl adjacent to an activating group) is 1. The SMILES string of the molecule is CN1C2CCCCC2NC1C1CCC(C2C(C3CCCCC3)C(N3C4CCCCC4C(C)(C)C4CCCCC43)C(C3CCCCC3)C(N3C4CCCCC4C(C)(C)C4CCCCC43)C2N2C3CCCCC3C(C)(C)C3CCCCC32)CC1. The predicted octanol–water partition coefficient (Wildman–Crippen LogP) is 18.5. The van der Waals surface area contributed by atoms with Crippen LogP contribution in [0.1, 0.15) is 311 Å². The second kappa shape index (κ2) is 23.6. The van der Waals surface area contributed by atoms with Crippen LogP contribution in [-0.4, -0.2) is 99.3 Å². The van der Waals surface area contributed by atoms with Gasteiger partial charge in [0.15, 0.2) is 0 Å². The molecule has 11 aliphatic carbocycles. The molecule has 15 aliphatic rings. The molecule has 464 valence electrons. The molecule has 0 aromatic carbocycles. The highest BCUT2D eigenvalue weighted by molar-refractivity contribution is 5.23. The molecule has 21 unspecified atom stereocenters. The standard InChI is InChI=1S/C77H131N5/c1-75(2)54-32-14-21-39-61(54)80(62-40-22-15-33-55(62)75)71-68(50-28-10-8-11-29-50)69(52-46-48-53(49-47-52)74-78-60-38-20-27-45-67(60)79(74)7)72(81-63-41-23-16-34-56(63)76(3,4)57-35-17-24-42-64(57)81)73(70(71)51-30-12-9-13-31-51)82-65-43-25-18-36-58(65)77(5,6)59-37-19-26-44-66(59)82/h50-74,78H,8-49H2,1-7H3. The summed E-state index contributed by atoms with van der Waals surface area (Å²) in [6.07, 6.45) is 64.3. The third-order valence-corrected chi connectivity index (χ3v) is 32.1. The third-order valence-electron chi connectivity index (χ3n) is 32.1. The number of nitrogens with one attached hydrogen (secondary N) is 1. The molecule has 82 heavy (non-hydrogen) atoms. The van der Waals surface area contributed by atoms with Gasteiger partial charge in [-0.15, -0.1) is 0 Å². The summed E-state index contributed by atoms with van der Waals surface area (Å²) >= 11 is 0. The van der Waals surface area contributed by atoms with Crippen LogP contribution < -0.4 is 5.32 Å². The summed E-state index contributed by atoms with van der Waals surface area (Å²) in [6.45, 7) is 17.4. The van der Waals surface area contributed by atoms with Gasteiger partial charge in [-0.25, -0.2) is 0 Å². The fourth-order valence-electron chi connectivity index (χ4n) is 28.9. The minimum atomic E-state index is 0.457. The summed E-state index contributed by atoms with van der Waals surface area (Å²) in [5.41, 5.74) is 1.39. The molecule has 0 bridgehead atoms. The van der Waals surface area contributed by atoms with Gasteiger partial charge in [-0.1, -0.05) is 196 Å². The molecule has 0 radical (unpaired) electrons. The fraction of sp³-hybridized carbons (Fsp3) is 1.00. The Kier molecular flexibility index (Phi) is 16.7. The van der Waals surface area contributed by atoms with E-state index in [2.05, 4.69) is 73.5 Å². The lowest BCUT2D eigenvalue weighted by molar-refractivity contribution is -0.250. The smallest absolute Gasteiger partial charge is 0.0629 e. The highest BCUT2D eigenvalue weighted by atomic mass is 15.4. The van der Waals surface area contributed by atoms with Gasteiger partial charge in [-0.05, 0) is 216 Å². The lowest BCUT2D eigenvalue weighted by Crippen LogP contribution is -2.81. The first-order valence-electron chi connectivity index (χ1n) is 38.7. The van der Waals surface area contributed by atoms with Crippen molar-refractivity contribution in [1.82, 2.24) is 24.9 Å². The minimum Gasteiger partial charge on any atom is -0.297 e. The van der Waals surface area contributed by atoms with Crippen LogP contribution in [0.4, 0.5) is 0 Å². The number of hydrogen-bond donors (Lipinski definition) is 1. The van der Waals surface area contributed by atoms with E-state index in [1.54, 1.807) is 38.5 Å². The topological polar surface area (TPSA) is 25.0 Å². The highest BCUT2D eigenvalue weighted by Crippen LogP contribution is 2.67. The van der Waals surface area contributed by atoms with Crippen LogP contribution >= 0.6 is 0 Å². The number of nitrogens with zero attached hydrogens (tertiary/aromatic N) is 4. The van der Waals surface area contributed by atoms with Crippen molar-refractivity contribution in [2.24, 2.45) is 93.2 Å². The molecular formula is C77H131N5. The average molecular weight is 1130 g/mol. The van der Waals surface area contributed by atoms with Crippen LogP contribution in [0.2, 0.25) is 0 Å². The van der Waals surface area contributed by atoms with E-state index in [4.69, 9.17) is 0 Å². The van der Waals surface area contributed by atoms with Crippen molar-refractivity contribution >= 4 is 0 Å². The summed E-state index contributed by atoms with van der Waals surface area (Å²) in [5.74, 6) is 11.4. The van der Waals surface area contributed by atoms with Crippen molar-refractivity contribution in [1.29, 1.82) is 0 Å². The molecule has 5 heteroatoms. The maximum absolute atomic E-state index is 4.46. The Morgan fingerprint density at radius 2 is 0.524 bits per heavy atom. The van der Waals surface area contributed by atoms with E-state index in [0.717, 1.165) is 143 Å². The maximum Gasteiger partial charge on any atom is 0.0629 e. The van der Waals surface area contributed by atoms with Crippen molar-refractivity contribution in [3.05, 3.63) is 0 Å². The Hall–Kier alpha value is -0.200. The average Bonchev–Trinajstić information content (AvgIpc) is 1.34. The van der Waals surface area contributed by atoms with Gasteiger partial charge in [0.1, 0.15) is 0 Å². The Labute approximate surface area is 506 Å². The first-order chi connectivity index (χ1) is 39.9. The third kappa shape index (κ3) is 9.63. The van der Waals surface area contributed by atoms with E-state index >= 15 is 0 Å². The molecule has 4 heterocycles. The van der Waals surface area contributed by atoms with Crippen LogP contribution in [0.5, 0.6) is 0 Å². The van der Waals surface area contributed by atoms with Crippen molar-refractivity contribution < 1.29 is 0 Å². The van der Waals surface area contributed by atoms with Crippen molar-refractivity contribution in [3.8, 4) is 0 Å². The zero-order chi connectivity index (χ0) is 55.6. The minimum absolute atomic E-state index is 0.457. The monoisotopic (exact) mass is 1130 g/mol. The van der Waals surface area contributed by atoms with Crippen molar-refractivity contribution in [2.45, 2.75) is 384 Å². The van der Waals surface area contributed by atoms with E-state index in [1.807, 2.05) is 0 Å². The predicted molar refractivity (Wildman–Crippen MR) is 342 cm³/mol. The van der Waals surface area contributed by atoms with Gasteiger partial charge in [0.2, 0.25) is 0 Å². The molecule has 15 rings (SSSR count). The van der Waals surface area contributed by atoms with Crippen molar-refractivity contribution in [2.75, 3.05) is 7.05 Å². The summed E-state index contributed by atoms with van der Waals surface area (Å²) in [6, 6.07) is 8.64. The van der Waals surface area contributed by atoms with Gasteiger partial charge in [-0.2, -0.15) is 0 Å². The highest BCUT2D eigenvalue weighted by Gasteiger charge is 2.70. The normalized spacial score (nSPS) is 50.6. The van der Waals surface area contributed by atoms with Gasteiger partial charge in [0.05, 0.1) is 6.17 Å². The molecule has 15 fully saturated rings. The fourth-order valence-corrected chi connectivity index (χ4v) is 28.9. The lowest BCUT2D eigenvalue weighted by atomic mass is 9.46. The molecular weight excluding hydrogens is 995 g/mol. The van der Waals surface area contributed by atoms with Crippen molar-refractivity contribution in [3.63, 3.8) is 0 Å². The number of likely N-dealkylation sites (tertiary alicyclic amines) is 3. The molecule has 0 aromatic rings. The number of rotatable bonds is 7. The Morgan fingerprint density at radius 1 is 0.256 bits per heavy atom. The first-order valence-corrected chi connectivity index (χ1v) is 38.7. The molecule has 21 atom stereocenters. The van der Waals surface area contributed by atoms with E-state index < -0.39 is 0 Å². The van der Waals surface area contributed by atoms with Gasteiger partial charge < -0.3 is 0 Å². The Balaban J connectivity index is 0.979. The van der Waals surface area contributed by atoms with Gasteiger partial charge in [-0.3, -0.25) is 24.9 Å². The molecule has 11 saturated carbocycles. The molecule has 1 N–H and O–H groups in total. The summed E-state index contributed by atoms with van der Waals surface area (Å²) in [5, 5.41) is 4.46. The molecule has 4 aliphatic heterocycles. The van der Waals surface area contributed by atoms with Crippen LogP contribution in [0.25, 0.3) is 0 Å². The maximum atomic E-state index is 4.46. The largest absolute Gasteiger partial charge is 0.297 e. The lowest BCUT2D eigenvalue weighted by Gasteiger charge is -2.74. The van der Waals surface area contributed by atoms with E-state index in [0.29, 0.717) is 22.4 Å². The van der Waals surface area contributed by atoms with Gasteiger partial charge >= 0.3 is 0 Å².